The van der Waals surface area contributed by atoms with Crippen LogP contribution in [0.5, 0.6) is 11.5 Å². The minimum atomic E-state index is -0.750. The van der Waals surface area contributed by atoms with Crippen molar-refractivity contribution in [3.8, 4) is 11.5 Å². The number of carboxylic acid groups (broad SMARTS) is 1. The molecule has 2 heterocycles. The summed E-state index contributed by atoms with van der Waals surface area (Å²) in [7, 11) is 0. The van der Waals surface area contributed by atoms with Crippen LogP contribution in [-0.4, -0.2) is 34.1 Å². The van der Waals surface area contributed by atoms with Gasteiger partial charge in [-0.1, -0.05) is 11.6 Å². The largest absolute Gasteiger partial charge is 0.486 e. The third kappa shape index (κ3) is 2.92. The Bertz CT molecular complexity index is 1160. The van der Waals surface area contributed by atoms with Gasteiger partial charge in [0, 0.05) is 11.8 Å². The maximum atomic E-state index is 13.3. The molecule has 4 saturated carbocycles. The molecule has 8 nitrogen and oxygen atoms in total. The van der Waals surface area contributed by atoms with E-state index in [1.165, 1.54) is 4.68 Å². The van der Waals surface area contributed by atoms with E-state index in [2.05, 4.69) is 10.4 Å². The molecule has 0 radical (unpaired) electrons. The van der Waals surface area contributed by atoms with Crippen molar-refractivity contribution in [2.75, 3.05) is 18.5 Å². The minimum absolute atomic E-state index is 0.0509. The van der Waals surface area contributed by atoms with E-state index in [4.69, 9.17) is 21.1 Å². The van der Waals surface area contributed by atoms with Crippen LogP contribution in [-0.2, 0) is 10.3 Å². The first-order valence-electron chi connectivity index (χ1n) is 11.1. The summed E-state index contributed by atoms with van der Waals surface area (Å²) in [5.74, 6) is 1.19. The molecule has 2 N–H and O–H groups in total. The van der Waals surface area contributed by atoms with Gasteiger partial charge in [-0.15, -0.1) is 0 Å². The van der Waals surface area contributed by atoms with Gasteiger partial charge in [0.05, 0.1) is 22.8 Å². The Balaban J connectivity index is 1.34. The molecule has 4 bridgehead atoms. The van der Waals surface area contributed by atoms with Gasteiger partial charge in [0.15, 0.2) is 11.5 Å². The van der Waals surface area contributed by atoms with Crippen LogP contribution < -0.4 is 20.3 Å². The van der Waals surface area contributed by atoms with Crippen LogP contribution in [0.1, 0.15) is 38.5 Å². The van der Waals surface area contributed by atoms with Crippen LogP contribution in [0, 0.1) is 17.3 Å². The number of benzene rings is 1. The Morgan fingerprint density at radius 3 is 2.59 bits per heavy atom. The Hall–Kier alpha value is -2.74. The summed E-state index contributed by atoms with van der Waals surface area (Å²) in [5, 5.41) is 17.7. The fourth-order valence-electron chi connectivity index (χ4n) is 6.85. The van der Waals surface area contributed by atoms with Gasteiger partial charge in [0.25, 0.3) is 5.56 Å². The minimum Gasteiger partial charge on any atom is -0.486 e. The van der Waals surface area contributed by atoms with Crippen molar-refractivity contribution in [1.82, 2.24) is 9.78 Å². The molecule has 7 rings (SSSR count). The SMILES string of the molecule is O=C(O)C12C[C@H]3C[C@H](C1)CC(n1ncc(Nc4ccc5c(c4)OCCO5)c(Cl)c1=O)(C3)C2. The van der Waals surface area contributed by atoms with Crippen molar-refractivity contribution in [3.63, 3.8) is 0 Å². The third-order valence-electron chi connectivity index (χ3n) is 7.67. The van der Waals surface area contributed by atoms with Gasteiger partial charge >= 0.3 is 5.97 Å². The van der Waals surface area contributed by atoms with E-state index >= 15 is 0 Å². The number of halogens is 1. The molecule has 4 aliphatic carbocycles. The van der Waals surface area contributed by atoms with E-state index in [1.807, 2.05) is 6.07 Å². The highest BCUT2D eigenvalue weighted by atomic mass is 35.5. The molecular formula is C23H24ClN3O5. The van der Waals surface area contributed by atoms with Gasteiger partial charge in [-0.3, -0.25) is 9.59 Å². The van der Waals surface area contributed by atoms with Crippen LogP contribution in [0.15, 0.2) is 29.2 Å². The molecule has 32 heavy (non-hydrogen) atoms. The second-order valence-corrected chi connectivity index (χ2v) is 10.2. The monoisotopic (exact) mass is 457 g/mol. The van der Waals surface area contributed by atoms with Crippen molar-refractivity contribution in [2.24, 2.45) is 17.3 Å². The molecule has 2 aromatic rings. The predicted octanol–water partition coefficient (Wildman–Crippen LogP) is 3.79. The summed E-state index contributed by atoms with van der Waals surface area (Å²) in [5.41, 5.74) is -0.591. The number of aromatic nitrogens is 2. The second kappa shape index (κ2) is 6.88. The standard InChI is InChI=1S/C23H24ClN3O5/c24-19-16(26-15-1-2-17-18(6-15)32-4-3-31-17)11-25-27(20(19)28)23-9-13-5-14(10-23)8-22(7-13,12-23)21(29)30/h1-2,6,11,13-14,26H,3-5,7-10,12H2,(H,29,30)/t13-,14-,22?,23?/m1/s1. The molecular weight excluding hydrogens is 434 g/mol. The van der Waals surface area contributed by atoms with Crippen molar-refractivity contribution in [1.29, 1.82) is 0 Å². The number of carboxylic acids is 1. The molecule has 168 valence electrons. The zero-order valence-corrected chi connectivity index (χ0v) is 18.2. The molecule has 0 unspecified atom stereocenters. The quantitative estimate of drug-likeness (QED) is 0.719. The number of hydrogen-bond donors (Lipinski definition) is 2. The normalized spacial score (nSPS) is 32.0. The molecule has 9 heteroatoms. The van der Waals surface area contributed by atoms with Gasteiger partial charge in [-0.25, -0.2) is 4.68 Å². The van der Waals surface area contributed by atoms with Crippen molar-refractivity contribution in [2.45, 2.75) is 44.1 Å². The fourth-order valence-corrected chi connectivity index (χ4v) is 7.02. The van der Waals surface area contributed by atoms with Crippen LogP contribution in [0.25, 0.3) is 0 Å². The lowest BCUT2D eigenvalue weighted by molar-refractivity contribution is -0.173. The summed E-state index contributed by atoms with van der Waals surface area (Å²) >= 11 is 6.52. The average Bonchev–Trinajstić information content (AvgIpc) is 2.76. The molecule has 0 spiro atoms. The van der Waals surface area contributed by atoms with E-state index in [0.29, 0.717) is 67.2 Å². The van der Waals surface area contributed by atoms with Gasteiger partial charge < -0.3 is 19.9 Å². The molecule has 0 saturated heterocycles. The Kier molecular flexibility index (Phi) is 4.28. The molecule has 4 fully saturated rings. The topological polar surface area (TPSA) is 103 Å². The van der Waals surface area contributed by atoms with E-state index in [-0.39, 0.29) is 10.6 Å². The van der Waals surface area contributed by atoms with Crippen LogP contribution in [0.3, 0.4) is 0 Å². The number of rotatable bonds is 4. The maximum absolute atomic E-state index is 13.3. The lowest BCUT2D eigenvalue weighted by Crippen LogP contribution is -2.61. The molecule has 1 aromatic heterocycles. The number of fused-ring (bicyclic) bond motifs is 1. The predicted molar refractivity (Wildman–Crippen MR) is 117 cm³/mol. The summed E-state index contributed by atoms with van der Waals surface area (Å²) < 4.78 is 12.6. The number of nitrogens with one attached hydrogen (secondary N) is 1. The third-order valence-corrected chi connectivity index (χ3v) is 8.04. The van der Waals surface area contributed by atoms with Gasteiger partial charge in [0.2, 0.25) is 0 Å². The van der Waals surface area contributed by atoms with E-state index in [9.17, 15) is 14.7 Å². The Morgan fingerprint density at radius 1 is 1.16 bits per heavy atom. The van der Waals surface area contributed by atoms with Gasteiger partial charge in [-0.05, 0) is 62.5 Å². The zero-order chi connectivity index (χ0) is 22.1. The van der Waals surface area contributed by atoms with Crippen LogP contribution in [0.4, 0.5) is 11.4 Å². The summed E-state index contributed by atoms with van der Waals surface area (Å²) in [6.07, 6.45) is 6.03. The highest BCUT2D eigenvalue weighted by Crippen LogP contribution is 2.64. The summed E-state index contributed by atoms with van der Waals surface area (Å²) in [6, 6.07) is 5.43. The number of ether oxygens (including phenoxy) is 2. The highest BCUT2D eigenvalue weighted by Gasteiger charge is 2.62. The number of aliphatic carboxylic acids is 1. The lowest BCUT2D eigenvalue weighted by Gasteiger charge is -2.60. The molecule has 0 amide bonds. The smallest absolute Gasteiger partial charge is 0.309 e. The first kappa shape index (κ1) is 19.9. The molecule has 1 aliphatic heterocycles. The van der Waals surface area contributed by atoms with E-state index in [1.54, 1.807) is 18.3 Å². The van der Waals surface area contributed by atoms with Gasteiger partial charge in [-0.2, -0.15) is 5.10 Å². The van der Waals surface area contributed by atoms with Crippen molar-refractivity contribution < 1.29 is 19.4 Å². The fraction of sp³-hybridized carbons (Fsp3) is 0.522. The van der Waals surface area contributed by atoms with Gasteiger partial charge in [0.1, 0.15) is 18.2 Å². The summed E-state index contributed by atoms with van der Waals surface area (Å²) in [4.78, 5) is 25.5. The first-order chi connectivity index (χ1) is 15.4. The Labute approximate surface area is 189 Å². The molecule has 2 atom stereocenters. The van der Waals surface area contributed by atoms with Crippen molar-refractivity contribution in [3.05, 3.63) is 39.8 Å². The maximum Gasteiger partial charge on any atom is 0.309 e. The highest BCUT2D eigenvalue weighted by molar-refractivity contribution is 6.33. The summed E-state index contributed by atoms with van der Waals surface area (Å²) in [6.45, 7) is 0.997. The van der Waals surface area contributed by atoms with E-state index < -0.39 is 16.9 Å². The Morgan fingerprint density at radius 2 is 1.88 bits per heavy atom. The molecule has 1 aromatic carbocycles. The molecule has 5 aliphatic rings. The second-order valence-electron chi connectivity index (χ2n) is 9.84. The van der Waals surface area contributed by atoms with Crippen molar-refractivity contribution >= 4 is 28.9 Å². The zero-order valence-electron chi connectivity index (χ0n) is 17.5. The number of anilines is 2. The first-order valence-corrected chi connectivity index (χ1v) is 11.4. The number of nitrogens with zero attached hydrogens (tertiary/aromatic N) is 2. The average molecular weight is 458 g/mol. The number of hydrogen-bond acceptors (Lipinski definition) is 6. The van der Waals surface area contributed by atoms with E-state index in [0.717, 1.165) is 19.3 Å². The lowest BCUT2D eigenvalue weighted by atomic mass is 9.47. The van der Waals surface area contributed by atoms with Crippen LogP contribution >= 0.6 is 11.6 Å². The van der Waals surface area contributed by atoms with Crippen LogP contribution in [0.2, 0.25) is 5.02 Å². The number of carbonyl (C=O) groups is 1.